The molecule has 0 aromatic carbocycles. The highest BCUT2D eigenvalue weighted by Gasteiger charge is 2.30. The van der Waals surface area contributed by atoms with E-state index >= 15 is 0 Å². The fourth-order valence-electron chi connectivity index (χ4n) is 4.83. The van der Waals surface area contributed by atoms with Crippen LogP contribution in [-0.4, -0.2) is 40.5 Å². The van der Waals surface area contributed by atoms with Crippen molar-refractivity contribution < 1.29 is 24.5 Å². The zero-order valence-electron chi connectivity index (χ0n) is 24.5. The Balaban J connectivity index is 4.82. The van der Waals surface area contributed by atoms with Gasteiger partial charge >= 0.3 is 6.09 Å². The topological polar surface area (TPSA) is 136 Å². The van der Waals surface area contributed by atoms with E-state index in [4.69, 9.17) is 16.2 Å². The van der Waals surface area contributed by atoms with Crippen LogP contribution in [0.25, 0.3) is 0 Å². The largest absolute Gasteiger partial charge is 0.446 e. The summed E-state index contributed by atoms with van der Waals surface area (Å²) in [5, 5.41) is 21.8. The Morgan fingerprint density at radius 2 is 1.63 bits per heavy atom. The molecular formula is C31H54N2O5. The third-order valence-electron chi connectivity index (χ3n) is 7.28. The molecule has 0 aliphatic rings. The maximum Gasteiger partial charge on any atom is 0.404 e. The first-order valence-corrected chi connectivity index (χ1v) is 14.0. The first kappa shape index (κ1) is 35.6. The average molecular weight is 535 g/mol. The zero-order chi connectivity index (χ0) is 29.3. The summed E-state index contributed by atoms with van der Waals surface area (Å²) in [5.74, 6) is -0.171. The summed E-state index contributed by atoms with van der Waals surface area (Å²) >= 11 is 0. The van der Waals surface area contributed by atoms with E-state index in [1.807, 2.05) is 40.7 Å². The van der Waals surface area contributed by atoms with Crippen molar-refractivity contribution in [3.05, 3.63) is 48.6 Å². The lowest BCUT2D eigenvalue weighted by atomic mass is 9.83. The molecule has 0 saturated carbocycles. The van der Waals surface area contributed by atoms with Crippen molar-refractivity contribution in [1.29, 1.82) is 0 Å². The molecule has 38 heavy (non-hydrogen) atoms. The van der Waals surface area contributed by atoms with Gasteiger partial charge < -0.3 is 26.4 Å². The number of primary amides is 2. The number of amides is 2. The lowest BCUT2D eigenvalue weighted by molar-refractivity contribution is -0.118. The number of aliphatic hydroxyl groups excluding tert-OH is 2. The maximum absolute atomic E-state index is 11.3. The molecule has 7 heteroatoms. The average Bonchev–Trinajstić information content (AvgIpc) is 2.84. The number of allylic oxidation sites excluding steroid dienone is 4. The molecule has 8 unspecified atom stereocenters. The summed E-state index contributed by atoms with van der Waals surface area (Å²) in [4.78, 5) is 22.2. The highest BCUT2D eigenvalue weighted by atomic mass is 16.6. The molecule has 0 aliphatic heterocycles. The second kappa shape index (κ2) is 19.7. The predicted octanol–water partition coefficient (Wildman–Crippen LogP) is 5.81. The Morgan fingerprint density at radius 1 is 0.974 bits per heavy atom. The molecule has 0 saturated heterocycles. The van der Waals surface area contributed by atoms with E-state index in [1.165, 1.54) is 0 Å². The van der Waals surface area contributed by atoms with Gasteiger partial charge in [-0.15, -0.1) is 0 Å². The number of hydrogen-bond acceptors (Lipinski definition) is 5. The van der Waals surface area contributed by atoms with E-state index < -0.39 is 24.4 Å². The van der Waals surface area contributed by atoms with E-state index in [1.54, 1.807) is 12.2 Å². The highest BCUT2D eigenvalue weighted by Crippen LogP contribution is 2.27. The third-order valence-corrected chi connectivity index (χ3v) is 7.28. The van der Waals surface area contributed by atoms with Crippen LogP contribution in [0.3, 0.4) is 0 Å². The quantitative estimate of drug-likeness (QED) is 0.0887. The van der Waals surface area contributed by atoms with Gasteiger partial charge in [-0.3, -0.25) is 4.79 Å². The van der Waals surface area contributed by atoms with E-state index in [9.17, 15) is 19.8 Å². The molecule has 6 N–H and O–H groups in total. The van der Waals surface area contributed by atoms with E-state index in [-0.39, 0.29) is 29.6 Å². The van der Waals surface area contributed by atoms with Crippen LogP contribution in [-0.2, 0) is 9.53 Å². The summed E-state index contributed by atoms with van der Waals surface area (Å²) in [6.45, 7) is 15.6. The van der Waals surface area contributed by atoms with Gasteiger partial charge in [-0.2, -0.15) is 0 Å². The second-order valence-electron chi connectivity index (χ2n) is 11.1. The normalized spacial score (nSPS) is 18.9. The standard InChI is InChI=1S/C31H54N2O5/c1-8-9-11-16-27(38-31(33)37)26(7)30(36)25(6)20-22(3)19-24(5)29(35)23(4)15-13-10-12-14-21(2)17-18-28(32)34/h8-9,11,13,15,19,21,23-27,29-30,35-36H,1,10,12,14,16-18,20H2,2-7H3,(H2,32,34)(H2,33,37)/b11-9-,15-13-,22-19-. The molecule has 0 radical (unpaired) electrons. The fourth-order valence-corrected chi connectivity index (χ4v) is 4.83. The molecule has 2 amide bonds. The maximum atomic E-state index is 11.3. The Morgan fingerprint density at radius 3 is 2.21 bits per heavy atom. The van der Waals surface area contributed by atoms with Crippen LogP contribution in [0.2, 0.25) is 0 Å². The van der Waals surface area contributed by atoms with Gasteiger partial charge in [-0.05, 0) is 44.4 Å². The first-order chi connectivity index (χ1) is 17.8. The highest BCUT2D eigenvalue weighted by molar-refractivity contribution is 5.73. The van der Waals surface area contributed by atoms with Crippen molar-refractivity contribution in [2.45, 2.75) is 105 Å². The summed E-state index contributed by atoms with van der Waals surface area (Å²) in [7, 11) is 0. The first-order valence-electron chi connectivity index (χ1n) is 14.0. The van der Waals surface area contributed by atoms with Crippen molar-refractivity contribution in [1.82, 2.24) is 0 Å². The number of carbonyl (C=O) groups excluding carboxylic acids is 2. The molecule has 218 valence electrons. The van der Waals surface area contributed by atoms with Crippen molar-refractivity contribution >= 4 is 12.0 Å². The molecule has 0 aliphatic carbocycles. The van der Waals surface area contributed by atoms with Gasteiger partial charge in [-0.25, -0.2) is 4.79 Å². The van der Waals surface area contributed by atoms with Crippen molar-refractivity contribution in [2.75, 3.05) is 0 Å². The Bertz CT molecular complexity index is 791. The van der Waals surface area contributed by atoms with Gasteiger partial charge in [0.2, 0.25) is 5.91 Å². The lowest BCUT2D eigenvalue weighted by Crippen LogP contribution is -2.37. The summed E-state index contributed by atoms with van der Waals surface area (Å²) < 4.78 is 5.26. The number of aliphatic hydroxyl groups is 2. The Labute approximate surface area is 231 Å². The van der Waals surface area contributed by atoms with Gasteiger partial charge in [0.25, 0.3) is 0 Å². The molecule has 8 atom stereocenters. The van der Waals surface area contributed by atoms with Crippen molar-refractivity contribution in [3.8, 4) is 0 Å². The van der Waals surface area contributed by atoms with Crippen molar-refractivity contribution in [2.24, 2.45) is 41.1 Å². The third kappa shape index (κ3) is 15.8. The van der Waals surface area contributed by atoms with Gasteiger partial charge in [0.1, 0.15) is 6.10 Å². The molecule has 0 aromatic heterocycles. The molecular weight excluding hydrogens is 480 g/mol. The van der Waals surface area contributed by atoms with Crippen LogP contribution < -0.4 is 11.5 Å². The van der Waals surface area contributed by atoms with Crippen LogP contribution >= 0.6 is 0 Å². The van der Waals surface area contributed by atoms with E-state index in [2.05, 4.69) is 31.7 Å². The number of ether oxygens (including phenoxy) is 1. The fraction of sp³-hybridized carbons (Fsp3) is 0.677. The van der Waals surface area contributed by atoms with Gasteiger partial charge in [0.15, 0.2) is 0 Å². The molecule has 0 fully saturated rings. The predicted molar refractivity (Wildman–Crippen MR) is 156 cm³/mol. The summed E-state index contributed by atoms with van der Waals surface area (Å²) in [5.41, 5.74) is 11.5. The van der Waals surface area contributed by atoms with Crippen LogP contribution in [0.15, 0.2) is 48.6 Å². The van der Waals surface area contributed by atoms with Gasteiger partial charge in [0, 0.05) is 30.6 Å². The van der Waals surface area contributed by atoms with E-state index in [0.29, 0.717) is 25.2 Å². The van der Waals surface area contributed by atoms with Gasteiger partial charge in [-0.1, -0.05) is 89.6 Å². The lowest BCUT2D eigenvalue weighted by Gasteiger charge is -2.30. The SMILES string of the molecule is C=C/C=C\CC(OC(N)=O)C(C)C(O)C(C)C/C(C)=C\C(C)C(O)C(C)/C=C\CCCC(C)CCC(N)=O. The second-order valence-corrected chi connectivity index (χ2v) is 11.1. The number of rotatable bonds is 20. The zero-order valence-corrected chi connectivity index (χ0v) is 24.5. The van der Waals surface area contributed by atoms with Gasteiger partial charge in [0.05, 0.1) is 12.2 Å². The molecule has 0 rings (SSSR count). The molecule has 0 spiro atoms. The van der Waals surface area contributed by atoms with Crippen LogP contribution in [0.5, 0.6) is 0 Å². The summed E-state index contributed by atoms with van der Waals surface area (Å²) in [6, 6.07) is 0. The monoisotopic (exact) mass is 534 g/mol. The molecule has 0 bridgehead atoms. The minimum absolute atomic E-state index is 0.0136. The molecule has 0 heterocycles. The van der Waals surface area contributed by atoms with E-state index in [0.717, 1.165) is 31.3 Å². The number of unbranched alkanes of at least 4 members (excludes halogenated alkanes) is 1. The Kier molecular flexibility index (Phi) is 18.4. The van der Waals surface area contributed by atoms with Crippen LogP contribution in [0.4, 0.5) is 4.79 Å². The minimum Gasteiger partial charge on any atom is -0.446 e. The number of carbonyl (C=O) groups is 2. The number of hydrogen-bond donors (Lipinski definition) is 4. The minimum atomic E-state index is -0.856. The molecule has 0 aromatic rings. The Hall–Kier alpha value is -2.38. The molecule has 7 nitrogen and oxygen atoms in total. The van der Waals surface area contributed by atoms with Crippen LogP contribution in [0.1, 0.15) is 86.5 Å². The smallest absolute Gasteiger partial charge is 0.404 e. The summed E-state index contributed by atoms with van der Waals surface area (Å²) in [6.07, 6.45) is 14.4. The van der Waals surface area contributed by atoms with Crippen molar-refractivity contribution in [3.63, 3.8) is 0 Å². The van der Waals surface area contributed by atoms with Crippen LogP contribution in [0, 0.1) is 29.6 Å². The number of nitrogens with two attached hydrogens (primary N) is 2.